The van der Waals surface area contributed by atoms with Crippen molar-refractivity contribution in [1.82, 2.24) is 0 Å². The van der Waals surface area contributed by atoms with Gasteiger partial charge in [-0.15, -0.1) is 0 Å². The predicted molar refractivity (Wildman–Crippen MR) is 101 cm³/mol. The molecule has 1 heterocycles. The number of aryl methyl sites for hydroxylation is 1. The Morgan fingerprint density at radius 3 is 2.62 bits per heavy atom. The minimum absolute atomic E-state index is 0.0259. The van der Waals surface area contributed by atoms with Crippen molar-refractivity contribution in [3.05, 3.63) is 64.2 Å². The number of carbonyl (C=O) groups excluding carboxylic acids is 1. The maximum Gasteiger partial charge on any atom is 0.279 e. The molecule has 0 atom stereocenters. The van der Waals surface area contributed by atoms with Gasteiger partial charge in [0.1, 0.15) is 0 Å². The Morgan fingerprint density at radius 2 is 1.92 bits per heavy atom. The Kier molecular flexibility index (Phi) is 5.48. The molecule has 26 heavy (non-hydrogen) atoms. The highest BCUT2D eigenvalue weighted by Crippen LogP contribution is 2.19. The molecule has 3 rings (SSSR count). The summed E-state index contributed by atoms with van der Waals surface area (Å²) in [5.41, 5.74) is 2.95. The third-order valence-corrected chi connectivity index (χ3v) is 4.68. The molecule has 1 aliphatic rings. The number of benzene rings is 2. The molecule has 136 valence electrons. The maximum absolute atomic E-state index is 12.3. The molecule has 0 aromatic heterocycles. The molecule has 1 saturated heterocycles. The van der Waals surface area contributed by atoms with E-state index in [0.717, 1.165) is 26.2 Å². The van der Waals surface area contributed by atoms with E-state index in [1.807, 2.05) is 12.1 Å². The summed E-state index contributed by atoms with van der Waals surface area (Å²) in [6.07, 6.45) is 0. The number of hydrogen-bond donors (Lipinski definition) is 2. The van der Waals surface area contributed by atoms with Gasteiger partial charge < -0.3 is 15.1 Å². The van der Waals surface area contributed by atoms with Crippen molar-refractivity contribution < 1.29 is 14.6 Å². The van der Waals surface area contributed by atoms with Gasteiger partial charge in [-0.25, -0.2) is 0 Å². The van der Waals surface area contributed by atoms with E-state index in [1.54, 1.807) is 12.1 Å². The van der Waals surface area contributed by atoms with Crippen LogP contribution in [0.5, 0.6) is 0 Å². The van der Waals surface area contributed by atoms with Gasteiger partial charge >= 0.3 is 0 Å². The van der Waals surface area contributed by atoms with E-state index in [0.29, 0.717) is 12.2 Å². The van der Waals surface area contributed by atoms with Crippen molar-refractivity contribution in [2.75, 3.05) is 42.9 Å². The molecule has 7 nitrogen and oxygen atoms in total. The summed E-state index contributed by atoms with van der Waals surface area (Å²) in [4.78, 5) is 26.2. The second-order valence-electron chi connectivity index (χ2n) is 6.56. The first kappa shape index (κ1) is 17.9. The standard InChI is InChI=1S/C19H22N4O3/c1-15-5-2-3-8-18(15)22-11-9-21(10-12-22)14-19(24)20-16-6-4-7-17(13-16)23(25)26/h2-8,13H,9-12,14H2,1H3,(H,20,24)/p+1. The number of piperazine rings is 1. The van der Waals surface area contributed by atoms with Crippen LogP contribution in [0.3, 0.4) is 0 Å². The van der Waals surface area contributed by atoms with Gasteiger partial charge in [0.15, 0.2) is 6.54 Å². The lowest BCUT2D eigenvalue weighted by atomic mass is 10.1. The van der Waals surface area contributed by atoms with E-state index in [9.17, 15) is 14.9 Å². The number of nitro groups is 1. The summed E-state index contributed by atoms with van der Waals surface area (Å²) >= 11 is 0. The lowest BCUT2D eigenvalue weighted by molar-refractivity contribution is -0.892. The third kappa shape index (κ3) is 4.37. The van der Waals surface area contributed by atoms with Crippen LogP contribution in [-0.2, 0) is 4.79 Å². The van der Waals surface area contributed by atoms with Gasteiger partial charge in [-0.05, 0) is 24.6 Å². The summed E-state index contributed by atoms with van der Waals surface area (Å²) < 4.78 is 0. The van der Waals surface area contributed by atoms with Crippen molar-refractivity contribution in [3.63, 3.8) is 0 Å². The number of nitrogens with zero attached hydrogens (tertiary/aromatic N) is 2. The topological polar surface area (TPSA) is 79.9 Å². The first-order chi connectivity index (χ1) is 12.5. The molecule has 2 aromatic rings. The molecule has 2 aromatic carbocycles. The van der Waals surface area contributed by atoms with E-state index >= 15 is 0 Å². The number of non-ortho nitro benzene ring substituents is 1. The zero-order valence-electron chi connectivity index (χ0n) is 14.8. The second kappa shape index (κ2) is 7.97. The molecule has 2 N–H and O–H groups in total. The highest BCUT2D eigenvalue weighted by atomic mass is 16.6. The van der Waals surface area contributed by atoms with Crippen LogP contribution in [0.4, 0.5) is 17.1 Å². The predicted octanol–water partition coefficient (Wildman–Crippen LogP) is 1.25. The van der Waals surface area contributed by atoms with Crippen LogP contribution in [-0.4, -0.2) is 43.6 Å². The summed E-state index contributed by atoms with van der Waals surface area (Å²) in [6.45, 7) is 6.06. The average Bonchev–Trinajstić information content (AvgIpc) is 2.63. The monoisotopic (exact) mass is 355 g/mol. The van der Waals surface area contributed by atoms with Crippen molar-refractivity contribution in [3.8, 4) is 0 Å². The van der Waals surface area contributed by atoms with Crippen LogP contribution in [0.1, 0.15) is 5.56 Å². The van der Waals surface area contributed by atoms with Crippen LogP contribution in [0.2, 0.25) is 0 Å². The van der Waals surface area contributed by atoms with E-state index in [2.05, 4.69) is 29.3 Å². The number of para-hydroxylation sites is 1. The molecule has 0 unspecified atom stereocenters. The van der Waals surface area contributed by atoms with Gasteiger partial charge in [-0.2, -0.15) is 0 Å². The van der Waals surface area contributed by atoms with Crippen LogP contribution >= 0.6 is 0 Å². The molecule has 0 aliphatic carbocycles. The Labute approximate surface area is 152 Å². The highest BCUT2D eigenvalue weighted by Gasteiger charge is 2.23. The van der Waals surface area contributed by atoms with Crippen LogP contribution in [0.15, 0.2) is 48.5 Å². The normalized spacial score (nSPS) is 14.9. The second-order valence-corrected chi connectivity index (χ2v) is 6.56. The Balaban J connectivity index is 1.51. The Hall–Kier alpha value is -2.93. The van der Waals surface area contributed by atoms with Gasteiger partial charge in [-0.3, -0.25) is 14.9 Å². The first-order valence-corrected chi connectivity index (χ1v) is 8.71. The molecule has 0 spiro atoms. The lowest BCUT2D eigenvalue weighted by Crippen LogP contribution is -3.15. The van der Waals surface area contributed by atoms with Crippen molar-refractivity contribution in [2.45, 2.75) is 6.92 Å². The molecular formula is C19H23N4O3+. The van der Waals surface area contributed by atoms with Gasteiger partial charge in [0.2, 0.25) is 0 Å². The molecule has 1 amide bonds. The molecule has 1 fully saturated rings. The fourth-order valence-corrected chi connectivity index (χ4v) is 3.29. The smallest absolute Gasteiger partial charge is 0.279 e. The van der Waals surface area contributed by atoms with Gasteiger partial charge in [0.25, 0.3) is 11.6 Å². The summed E-state index contributed by atoms with van der Waals surface area (Å²) in [6, 6.07) is 14.4. The number of quaternary nitrogens is 1. The highest BCUT2D eigenvalue weighted by molar-refractivity contribution is 5.91. The van der Waals surface area contributed by atoms with Crippen LogP contribution < -0.4 is 15.1 Å². The SMILES string of the molecule is Cc1ccccc1N1CC[NH+](CC(=O)Nc2cccc([N+](=O)[O-])c2)CC1. The summed E-state index contributed by atoms with van der Waals surface area (Å²) in [5.74, 6) is -0.121. The molecule has 0 bridgehead atoms. The molecule has 0 saturated carbocycles. The minimum Gasteiger partial charge on any atom is -0.360 e. The van der Waals surface area contributed by atoms with Crippen LogP contribution in [0, 0.1) is 17.0 Å². The molecule has 7 heteroatoms. The largest absolute Gasteiger partial charge is 0.360 e. The van der Waals surface area contributed by atoms with E-state index in [4.69, 9.17) is 0 Å². The zero-order chi connectivity index (χ0) is 18.5. The summed E-state index contributed by atoms with van der Waals surface area (Å²) in [7, 11) is 0. The van der Waals surface area contributed by atoms with Gasteiger partial charge in [0.05, 0.1) is 31.1 Å². The number of amides is 1. The Bertz CT molecular complexity index is 801. The minimum atomic E-state index is -0.467. The van der Waals surface area contributed by atoms with E-state index in [-0.39, 0.29) is 11.6 Å². The zero-order valence-corrected chi connectivity index (χ0v) is 14.8. The average molecular weight is 355 g/mol. The number of hydrogen-bond acceptors (Lipinski definition) is 4. The first-order valence-electron chi connectivity index (χ1n) is 8.71. The van der Waals surface area contributed by atoms with E-state index < -0.39 is 4.92 Å². The number of carbonyl (C=O) groups is 1. The summed E-state index contributed by atoms with van der Waals surface area (Å²) in [5, 5.41) is 13.6. The van der Waals surface area contributed by atoms with Crippen molar-refractivity contribution in [1.29, 1.82) is 0 Å². The molecule has 0 radical (unpaired) electrons. The van der Waals surface area contributed by atoms with Crippen LogP contribution in [0.25, 0.3) is 0 Å². The third-order valence-electron chi connectivity index (χ3n) is 4.68. The fraction of sp³-hybridized carbons (Fsp3) is 0.316. The Morgan fingerprint density at radius 1 is 1.19 bits per heavy atom. The molecule has 1 aliphatic heterocycles. The van der Waals surface area contributed by atoms with Crippen molar-refractivity contribution in [2.24, 2.45) is 0 Å². The van der Waals surface area contributed by atoms with Gasteiger partial charge in [0, 0.05) is 23.5 Å². The lowest BCUT2D eigenvalue weighted by Gasteiger charge is -2.34. The van der Waals surface area contributed by atoms with Gasteiger partial charge in [-0.1, -0.05) is 24.3 Å². The number of nitro benzene ring substituents is 1. The number of anilines is 2. The molecular weight excluding hydrogens is 332 g/mol. The number of nitrogens with one attached hydrogen (secondary N) is 2. The quantitative estimate of drug-likeness (QED) is 0.625. The maximum atomic E-state index is 12.3. The van der Waals surface area contributed by atoms with E-state index in [1.165, 1.54) is 28.3 Å². The van der Waals surface area contributed by atoms with Crippen molar-refractivity contribution >= 4 is 23.0 Å². The number of rotatable bonds is 5. The fourth-order valence-electron chi connectivity index (χ4n) is 3.29.